The molecule has 1 aliphatic carbocycles. The highest BCUT2D eigenvalue weighted by Crippen LogP contribution is 2.31. The van der Waals surface area contributed by atoms with Crippen LogP contribution in [0, 0.1) is 11.3 Å². The molecule has 1 N–H and O–H groups in total. The molecular formula is C13H18F3N5. The first-order valence-electron chi connectivity index (χ1n) is 7.29. The molecule has 1 saturated carbocycles. The molecule has 0 aromatic carbocycles. The van der Waals surface area contributed by atoms with Gasteiger partial charge in [-0.05, 0) is 12.8 Å². The van der Waals surface area contributed by atoms with Gasteiger partial charge in [-0.2, -0.15) is 13.2 Å². The van der Waals surface area contributed by atoms with Gasteiger partial charge in [0, 0.05) is 19.0 Å². The fourth-order valence-corrected chi connectivity index (χ4v) is 3.21. The second kappa shape index (κ2) is 5.31. The lowest BCUT2D eigenvalue weighted by atomic mass is 9.88. The smallest absolute Gasteiger partial charge is 0.351 e. The van der Waals surface area contributed by atoms with Crippen molar-refractivity contribution in [2.45, 2.75) is 51.4 Å². The van der Waals surface area contributed by atoms with Gasteiger partial charge in [-0.3, -0.25) is 5.41 Å². The van der Waals surface area contributed by atoms with Crippen LogP contribution < -0.4 is 0 Å². The summed E-state index contributed by atoms with van der Waals surface area (Å²) in [6, 6.07) is 0. The summed E-state index contributed by atoms with van der Waals surface area (Å²) in [7, 11) is 0. The van der Waals surface area contributed by atoms with E-state index in [-0.39, 0.29) is 19.0 Å². The Balaban J connectivity index is 1.73. The SMILES string of the molecule is N=C(C1CCCCC1)N1CCn2c(nnc2C(F)(F)F)C1. The predicted molar refractivity (Wildman–Crippen MR) is 69.7 cm³/mol. The van der Waals surface area contributed by atoms with Crippen LogP contribution in [0.1, 0.15) is 43.8 Å². The third kappa shape index (κ3) is 2.75. The van der Waals surface area contributed by atoms with Crippen LogP contribution in [0.15, 0.2) is 0 Å². The van der Waals surface area contributed by atoms with Crippen molar-refractivity contribution in [3.8, 4) is 0 Å². The van der Waals surface area contributed by atoms with E-state index in [2.05, 4.69) is 10.2 Å². The average molecular weight is 301 g/mol. The number of hydrogen-bond acceptors (Lipinski definition) is 3. The Kier molecular flexibility index (Phi) is 3.62. The summed E-state index contributed by atoms with van der Waals surface area (Å²) in [6.07, 6.45) is 1.04. The Hall–Kier alpha value is -1.60. The highest BCUT2D eigenvalue weighted by molar-refractivity contribution is 5.81. The van der Waals surface area contributed by atoms with Gasteiger partial charge in [-0.25, -0.2) is 0 Å². The molecule has 8 heteroatoms. The summed E-state index contributed by atoms with van der Waals surface area (Å²) in [5.74, 6) is 0.170. The zero-order chi connectivity index (χ0) is 15.0. The van der Waals surface area contributed by atoms with Gasteiger partial charge in [0.25, 0.3) is 0 Å². The Morgan fingerprint density at radius 2 is 1.81 bits per heavy atom. The molecule has 0 atom stereocenters. The standard InChI is InChI=1S/C13H18F3N5/c14-13(15,16)12-19-18-10-8-20(6-7-21(10)12)11(17)9-4-2-1-3-5-9/h9,17H,1-8H2. The zero-order valence-electron chi connectivity index (χ0n) is 11.7. The van der Waals surface area contributed by atoms with Crippen molar-refractivity contribution in [1.29, 1.82) is 5.41 Å². The van der Waals surface area contributed by atoms with E-state index in [0.29, 0.717) is 18.2 Å². The molecule has 0 amide bonds. The van der Waals surface area contributed by atoms with E-state index in [1.165, 1.54) is 6.42 Å². The molecule has 1 aromatic rings. The Morgan fingerprint density at radius 3 is 2.48 bits per heavy atom. The first-order valence-corrected chi connectivity index (χ1v) is 7.29. The third-order valence-electron chi connectivity index (χ3n) is 4.34. The lowest BCUT2D eigenvalue weighted by Crippen LogP contribution is -2.42. The number of aromatic nitrogens is 3. The molecule has 0 spiro atoms. The van der Waals surface area contributed by atoms with Crippen molar-refractivity contribution in [2.24, 2.45) is 5.92 Å². The number of nitrogens with one attached hydrogen (secondary N) is 1. The maximum Gasteiger partial charge on any atom is 0.451 e. The predicted octanol–water partition coefficient (Wildman–Crippen LogP) is 2.67. The van der Waals surface area contributed by atoms with Crippen molar-refractivity contribution in [3.05, 3.63) is 11.6 Å². The van der Waals surface area contributed by atoms with Gasteiger partial charge in [-0.1, -0.05) is 19.3 Å². The van der Waals surface area contributed by atoms with Crippen LogP contribution in [0.3, 0.4) is 0 Å². The maximum absolute atomic E-state index is 12.8. The van der Waals surface area contributed by atoms with Gasteiger partial charge >= 0.3 is 6.18 Å². The van der Waals surface area contributed by atoms with Crippen LogP contribution in [-0.4, -0.2) is 32.0 Å². The highest BCUT2D eigenvalue weighted by Gasteiger charge is 2.40. The minimum Gasteiger partial charge on any atom is -0.351 e. The number of alkyl halides is 3. The fourth-order valence-electron chi connectivity index (χ4n) is 3.21. The molecule has 0 radical (unpaired) electrons. The van der Waals surface area contributed by atoms with Crippen LogP contribution in [0.25, 0.3) is 0 Å². The Labute approximate surface area is 120 Å². The average Bonchev–Trinajstić information content (AvgIpc) is 2.90. The number of rotatable bonds is 1. The van der Waals surface area contributed by atoms with Gasteiger partial charge in [0.1, 0.15) is 0 Å². The largest absolute Gasteiger partial charge is 0.451 e. The normalized spacial score (nSPS) is 20.4. The van der Waals surface area contributed by atoms with Crippen molar-refractivity contribution < 1.29 is 13.2 Å². The zero-order valence-corrected chi connectivity index (χ0v) is 11.7. The second-order valence-corrected chi connectivity index (χ2v) is 5.73. The first-order chi connectivity index (χ1) is 9.97. The third-order valence-corrected chi connectivity index (χ3v) is 4.34. The minimum atomic E-state index is -4.47. The van der Waals surface area contributed by atoms with E-state index in [1.54, 1.807) is 0 Å². The molecule has 5 nitrogen and oxygen atoms in total. The van der Waals surface area contributed by atoms with Crippen molar-refractivity contribution >= 4 is 5.84 Å². The lowest BCUT2D eigenvalue weighted by Gasteiger charge is -2.34. The van der Waals surface area contributed by atoms with E-state index in [4.69, 9.17) is 5.41 Å². The molecule has 1 fully saturated rings. The van der Waals surface area contributed by atoms with Crippen molar-refractivity contribution in [3.63, 3.8) is 0 Å². The molecule has 0 saturated heterocycles. The number of amidine groups is 1. The summed E-state index contributed by atoms with van der Waals surface area (Å²) in [5.41, 5.74) is 0. The molecule has 2 aliphatic rings. The van der Waals surface area contributed by atoms with Gasteiger partial charge in [0.15, 0.2) is 5.82 Å². The van der Waals surface area contributed by atoms with Crippen LogP contribution in [-0.2, 0) is 19.3 Å². The summed E-state index contributed by atoms with van der Waals surface area (Å²) < 4.78 is 39.5. The quantitative estimate of drug-likeness (QED) is 0.641. The minimum absolute atomic E-state index is 0.187. The second-order valence-electron chi connectivity index (χ2n) is 5.73. The number of fused-ring (bicyclic) bond motifs is 1. The van der Waals surface area contributed by atoms with Gasteiger partial charge in [0.2, 0.25) is 5.82 Å². The molecule has 1 aromatic heterocycles. The van der Waals surface area contributed by atoms with Crippen LogP contribution in [0.5, 0.6) is 0 Å². The molecule has 3 rings (SSSR count). The molecular weight excluding hydrogens is 283 g/mol. The number of halogens is 3. The van der Waals surface area contributed by atoms with Gasteiger partial charge in [-0.15, -0.1) is 10.2 Å². The summed E-state index contributed by atoms with van der Waals surface area (Å²) >= 11 is 0. The molecule has 1 aliphatic heterocycles. The molecule has 2 heterocycles. The van der Waals surface area contributed by atoms with E-state index in [9.17, 15) is 13.2 Å². The van der Waals surface area contributed by atoms with Crippen LogP contribution in [0.2, 0.25) is 0 Å². The van der Waals surface area contributed by atoms with E-state index in [0.717, 1.165) is 30.3 Å². The Bertz CT molecular complexity index is 530. The maximum atomic E-state index is 12.8. The number of nitrogens with zero attached hydrogens (tertiary/aromatic N) is 4. The van der Waals surface area contributed by atoms with Crippen LogP contribution in [0.4, 0.5) is 13.2 Å². The van der Waals surface area contributed by atoms with Gasteiger partial charge in [0.05, 0.1) is 12.4 Å². The molecule has 0 bridgehead atoms. The van der Waals surface area contributed by atoms with E-state index in [1.807, 2.05) is 4.90 Å². The lowest BCUT2D eigenvalue weighted by molar-refractivity contribution is -0.147. The van der Waals surface area contributed by atoms with Crippen molar-refractivity contribution in [2.75, 3.05) is 6.54 Å². The Morgan fingerprint density at radius 1 is 1.10 bits per heavy atom. The first kappa shape index (κ1) is 14.3. The summed E-state index contributed by atoms with van der Waals surface area (Å²) in [6.45, 7) is 0.855. The molecule has 116 valence electrons. The topological polar surface area (TPSA) is 57.8 Å². The summed E-state index contributed by atoms with van der Waals surface area (Å²) in [4.78, 5) is 1.85. The number of hydrogen-bond donors (Lipinski definition) is 1. The molecule has 21 heavy (non-hydrogen) atoms. The van der Waals surface area contributed by atoms with E-state index >= 15 is 0 Å². The highest BCUT2D eigenvalue weighted by atomic mass is 19.4. The monoisotopic (exact) mass is 301 g/mol. The van der Waals surface area contributed by atoms with Gasteiger partial charge < -0.3 is 9.47 Å². The molecule has 0 unspecified atom stereocenters. The van der Waals surface area contributed by atoms with E-state index < -0.39 is 12.0 Å². The summed E-state index contributed by atoms with van der Waals surface area (Å²) in [5, 5.41) is 15.2. The van der Waals surface area contributed by atoms with Crippen LogP contribution >= 0.6 is 0 Å². The van der Waals surface area contributed by atoms with Crippen molar-refractivity contribution in [1.82, 2.24) is 19.7 Å². The fraction of sp³-hybridized carbons (Fsp3) is 0.769.